The molecule has 0 heterocycles. The van der Waals surface area contributed by atoms with Crippen molar-refractivity contribution in [3.8, 4) is 16.9 Å². The third-order valence-corrected chi connectivity index (χ3v) is 7.53. The third-order valence-electron chi connectivity index (χ3n) is 7.20. The Morgan fingerprint density at radius 3 is 2.14 bits per heavy atom. The number of halogens is 1. The Morgan fingerprint density at radius 1 is 0.964 bits per heavy atom. The van der Waals surface area contributed by atoms with Gasteiger partial charge in [0, 0.05) is 6.54 Å². The van der Waals surface area contributed by atoms with Gasteiger partial charge in [-0.1, -0.05) is 29.8 Å². The highest BCUT2D eigenvalue weighted by Gasteiger charge is 2.50. The Morgan fingerprint density at radius 2 is 1.54 bits per heavy atom. The van der Waals surface area contributed by atoms with Gasteiger partial charge in [-0.05, 0) is 97.1 Å². The van der Waals surface area contributed by atoms with Gasteiger partial charge < -0.3 is 10.4 Å². The summed E-state index contributed by atoms with van der Waals surface area (Å²) in [7, 11) is 0. The van der Waals surface area contributed by atoms with Gasteiger partial charge in [-0.15, -0.1) is 0 Å². The molecule has 2 aromatic carbocycles. The number of phenols is 1. The molecule has 146 valence electrons. The van der Waals surface area contributed by atoms with Gasteiger partial charge in [-0.25, -0.2) is 0 Å². The predicted molar refractivity (Wildman–Crippen MR) is 111 cm³/mol. The van der Waals surface area contributed by atoms with E-state index in [1.807, 2.05) is 24.3 Å². The molecule has 28 heavy (non-hydrogen) atoms. The second-order valence-electron chi connectivity index (χ2n) is 9.34. The van der Waals surface area contributed by atoms with Crippen molar-refractivity contribution in [1.29, 1.82) is 0 Å². The summed E-state index contributed by atoms with van der Waals surface area (Å²) >= 11 is 6.36. The van der Waals surface area contributed by atoms with Crippen LogP contribution in [0.4, 0.5) is 0 Å². The lowest BCUT2D eigenvalue weighted by Crippen LogP contribution is -2.51. The van der Waals surface area contributed by atoms with Crippen LogP contribution in [0.25, 0.3) is 11.1 Å². The van der Waals surface area contributed by atoms with E-state index in [9.17, 15) is 9.90 Å². The molecule has 0 unspecified atom stereocenters. The standard InChI is InChI=1S/C24H26ClNO2/c25-22-6-3-19(18-1-4-20(27)5-2-18)10-21(22)23(28)26-14-24-11-15-7-16(12-24)9-17(8-15)13-24/h1-6,10,15-17,27H,7-9,11-14H2,(H,26,28). The van der Waals surface area contributed by atoms with Crippen molar-refractivity contribution in [2.75, 3.05) is 6.54 Å². The quantitative estimate of drug-likeness (QED) is 0.701. The molecular formula is C24H26ClNO2. The summed E-state index contributed by atoms with van der Waals surface area (Å²) in [4.78, 5) is 13.0. The van der Waals surface area contributed by atoms with Gasteiger partial charge in [0.2, 0.25) is 0 Å². The molecule has 2 N–H and O–H groups in total. The summed E-state index contributed by atoms with van der Waals surface area (Å²) in [5.74, 6) is 2.78. The van der Waals surface area contributed by atoms with Crippen LogP contribution in [-0.4, -0.2) is 17.6 Å². The Kier molecular flexibility index (Phi) is 4.39. The lowest BCUT2D eigenvalue weighted by atomic mass is 9.49. The monoisotopic (exact) mass is 395 g/mol. The molecule has 4 saturated carbocycles. The Bertz CT molecular complexity index is 870. The van der Waals surface area contributed by atoms with Crippen LogP contribution in [0.3, 0.4) is 0 Å². The molecular weight excluding hydrogens is 370 g/mol. The van der Waals surface area contributed by atoms with Crippen molar-refractivity contribution in [2.45, 2.75) is 38.5 Å². The molecule has 4 heteroatoms. The van der Waals surface area contributed by atoms with E-state index in [4.69, 9.17) is 11.6 Å². The number of carbonyl (C=O) groups is 1. The number of aromatic hydroxyl groups is 1. The Labute approximate surface area is 171 Å². The first-order valence-corrected chi connectivity index (χ1v) is 10.7. The zero-order valence-corrected chi connectivity index (χ0v) is 16.7. The number of carbonyl (C=O) groups excluding carboxylic acids is 1. The number of benzene rings is 2. The molecule has 1 amide bonds. The summed E-state index contributed by atoms with van der Waals surface area (Å²) < 4.78 is 0. The number of amides is 1. The van der Waals surface area contributed by atoms with Crippen molar-refractivity contribution >= 4 is 17.5 Å². The predicted octanol–water partition coefficient (Wildman–Crippen LogP) is 5.66. The van der Waals surface area contributed by atoms with E-state index in [1.54, 1.807) is 18.2 Å². The van der Waals surface area contributed by atoms with Gasteiger partial charge >= 0.3 is 0 Å². The van der Waals surface area contributed by atoms with Crippen LogP contribution in [0.5, 0.6) is 5.75 Å². The molecule has 3 nitrogen and oxygen atoms in total. The molecule has 0 aliphatic heterocycles. The highest BCUT2D eigenvalue weighted by Crippen LogP contribution is 2.59. The molecule has 0 spiro atoms. The van der Waals surface area contributed by atoms with Crippen LogP contribution in [-0.2, 0) is 0 Å². The minimum atomic E-state index is -0.0821. The zero-order chi connectivity index (χ0) is 19.3. The van der Waals surface area contributed by atoms with E-state index in [0.717, 1.165) is 35.4 Å². The van der Waals surface area contributed by atoms with E-state index in [2.05, 4.69) is 5.32 Å². The largest absolute Gasteiger partial charge is 0.508 e. The average Bonchev–Trinajstić information content (AvgIpc) is 2.66. The molecule has 0 saturated heterocycles. The summed E-state index contributed by atoms with van der Waals surface area (Å²) in [6.07, 6.45) is 8.07. The van der Waals surface area contributed by atoms with Gasteiger partial charge in [-0.2, -0.15) is 0 Å². The molecule has 0 aromatic heterocycles. The van der Waals surface area contributed by atoms with E-state index >= 15 is 0 Å². The van der Waals surface area contributed by atoms with Gasteiger partial charge in [0.25, 0.3) is 5.91 Å². The number of rotatable bonds is 4. The number of hydrogen-bond donors (Lipinski definition) is 2. The fourth-order valence-electron chi connectivity index (χ4n) is 6.40. The smallest absolute Gasteiger partial charge is 0.252 e. The SMILES string of the molecule is O=C(NCC12CC3CC(CC(C3)C1)C2)c1cc(-c2ccc(O)cc2)ccc1Cl. The van der Waals surface area contributed by atoms with Crippen molar-refractivity contribution < 1.29 is 9.90 Å². The summed E-state index contributed by atoms with van der Waals surface area (Å²) in [5.41, 5.74) is 2.71. The van der Waals surface area contributed by atoms with Crippen molar-refractivity contribution in [3.63, 3.8) is 0 Å². The van der Waals surface area contributed by atoms with Gasteiger partial charge in [0.05, 0.1) is 10.6 Å². The highest BCUT2D eigenvalue weighted by molar-refractivity contribution is 6.34. The first-order valence-electron chi connectivity index (χ1n) is 10.4. The lowest BCUT2D eigenvalue weighted by Gasteiger charge is -2.56. The summed E-state index contributed by atoms with van der Waals surface area (Å²) in [5, 5.41) is 13.2. The van der Waals surface area contributed by atoms with Crippen LogP contribution in [0.15, 0.2) is 42.5 Å². The average molecular weight is 396 g/mol. The Hall–Kier alpha value is -2.00. The molecule has 2 aromatic rings. The molecule has 4 aliphatic rings. The van der Waals surface area contributed by atoms with Crippen molar-refractivity contribution in [2.24, 2.45) is 23.2 Å². The number of hydrogen-bond acceptors (Lipinski definition) is 2. The maximum atomic E-state index is 13.0. The lowest BCUT2D eigenvalue weighted by molar-refractivity contribution is -0.0503. The number of phenolic OH excluding ortho intramolecular Hbond substituents is 1. The van der Waals surface area contributed by atoms with Gasteiger partial charge in [-0.3, -0.25) is 4.79 Å². The van der Waals surface area contributed by atoms with Crippen molar-refractivity contribution in [1.82, 2.24) is 5.32 Å². The molecule has 0 atom stereocenters. The summed E-state index contributed by atoms with van der Waals surface area (Å²) in [6, 6.07) is 12.5. The minimum absolute atomic E-state index is 0.0821. The minimum Gasteiger partial charge on any atom is -0.508 e. The fraction of sp³-hybridized carbons (Fsp3) is 0.458. The molecule has 4 fully saturated rings. The topological polar surface area (TPSA) is 49.3 Å². The maximum absolute atomic E-state index is 13.0. The normalized spacial score (nSPS) is 30.4. The Balaban J connectivity index is 1.33. The zero-order valence-electron chi connectivity index (χ0n) is 16.0. The van der Waals surface area contributed by atoms with Crippen molar-refractivity contribution in [3.05, 3.63) is 53.1 Å². The second-order valence-corrected chi connectivity index (χ2v) is 9.75. The molecule has 6 rings (SSSR count). The third kappa shape index (κ3) is 3.30. The van der Waals surface area contributed by atoms with Gasteiger partial charge in [0.1, 0.15) is 5.75 Å². The van der Waals surface area contributed by atoms with E-state index in [0.29, 0.717) is 16.0 Å². The second kappa shape index (κ2) is 6.81. The van der Waals surface area contributed by atoms with E-state index in [-0.39, 0.29) is 11.7 Å². The van der Waals surface area contributed by atoms with Crippen LogP contribution in [0.1, 0.15) is 48.9 Å². The highest BCUT2D eigenvalue weighted by atomic mass is 35.5. The van der Waals surface area contributed by atoms with Crippen LogP contribution < -0.4 is 5.32 Å². The van der Waals surface area contributed by atoms with Gasteiger partial charge in [0.15, 0.2) is 0 Å². The first-order chi connectivity index (χ1) is 13.5. The maximum Gasteiger partial charge on any atom is 0.252 e. The summed E-state index contributed by atoms with van der Waals surface area (Å²) in [6.45, 7) is 0.773. The molecule has 4 aliphatic carbocycles. The number of nitrogens with one attached hydrogen (secondary N) is 1. The first kappa shape index (κ1) is 18.1. The van der Waals surface area contributed by atoms with Crippen LogP contribution in [0.2, 0.25) is 5.02 Å². The van der Waals surface area contributed by atoms with E-state index < -0.39 is 0 Å². The molecule has 4 bridgehead atoms. The van der Waals surface area contributed by atoms with Crippen LogP contribution >= 0.6 is 11.6 Å². The molecule has 0 radical (unpaired) electrons. The van der Waals surface area contributed by atoms with E-state index in [1.165, 1.54) is 38.5 Å². The fourth-order valence-corrected chi connectivity index (χ4v) is 6.61. The van der Waals surface area contributed by atoms with Crippen LogP contribution in [0, 0.1) is 23.2 Å².